The van der Waals surface area contributed by atoms with Crippen LogP contribution in [0.5, 0.6) is 0 Å². The lowest BCUT2D eigenvalue weighted by molar-refractivity contribution is 0.445. The molecule has 4 aromatic rings. The van der Waals surface area contributed by atoms with Crippen molar-refractivity contribution in [2.75, 3.05) is 13.1 Å². The predicted octanol–water partition coefficient (Wildman–Crippen LogP) is 5.65. The summed E-state index contributed by atoms with van der Waals surface area (Å²) in [4.78, 5) is 5.04. The highest BCUT2D eigenvalue weighted by atomic mass is 35.5. The summed E-state index contributed by atoms with van der Waals surface area (Å²) in [5.74, 6) is 1.49. The van der Waals surface area contributed by atoms with Crippen molar-refractivity contribution in [1.29, 1.82) is 0 Å². The molecule has 0 aliphatic heterocycles. The van der Waals surface area contributed by atoms with Crippen molar-refractivity contribution < 1.29 is 12.8 Å². The van der Waals surface area contributed by atoms with Crippen LogP contribution >= 0.6 is 23.4 Å². The maximum atomic E-state index is 13.0. The van der Waals surface area contributed by atoms with Crippen LogP contribution in [0.25, 0.3) is 11.0 Å². The second-order valence-corrected chi connectivity index (χ2v) is 10.5. The Labute approximate surface area is 197 Å². The first-order valence-electron chi connectivity index (χ1n) is 10.3. The van der Waals surface area contributed by atoms with Crippen LogP contribution in [0.2, 0.25) is 5.02 Å². The Bertz CT molecular complexity index is 1310. The molecule has 0 unspecified atom stereocenters. The van der Waals surface area contributed by atoms with Gasteiger partial charge in [0.25, 0.3) is 0 Å². The smallest absolute Gasteiger partial charge is 0.243 e. The van der Waals surface area contributed by atoms with Crippen LogP contribution in [0.4, 0.5) is 0 Å². The van der Waals surface area contributed by atoms with Crippen LogP contribution in [0.1, 0.15) is 25.2 Å². The summed E-state index contributed by atoms with van der Waals surface area (Å²) in [5.41, 5.74) is 2.58. The van der Waals surface area contributed by atoms with E-state index in [-0.39, 0.29) is 4.90 Å². The number of rotatable bonds is 9. The van der Waals surface area contributed by atoms with Crippen molar-refractivity contribution in [3.63, 3.8) is 0 Å². The van der Waals surface area contributed by atoms with Crippen molar-refractivity contribution in [2.24, 2.45) is 0 Å². The average Bonchev–Trinajstić information content (AvgIpc) is 3.41. The minimum atomic E-state index is -3.56. The maximum absolute atomic E-state index is 13.0. The largest absolute Gasteiger partial charge is 0.467 e. The molecule has 0 saturated heterocycles. The first kappa shape index (κ1) is 22.9. The topological polar surface area (TPSA) is 68.3 Å². The average molecular weight is 490 g/mol. The van der Waals surface area contributed by atoms with Crippen molar-refractivity contribution >= 4 is 44.4 Å². The zero-order valence-electron chi connectivity index (χ0n) is 17.9. The predicted molar refractivity (Wildman–Crippen MR) is 129 cm³/mol. The summed E-state index contributed by atoms with van der Waals surface area (Å²) in [6.07, 6.45) is 1.64. The van der Waals surface area contributed by atoms with Gasteiger partial charge in [-0.05, 0) is 48.0 Å². The molecule has 0 spiro atoms. The fourth-order valence-corrected chi connectivity index (χ4v) is 6.20. The van der Waals surface area contributed by atoms with Crippen LogP contribution in [-0.4, -0.2) is 35.4 Å². The van der Waals surface area contributed by atoms with E-state index in [2.05, 4.69) is 4.57 Å². The first-order chi connectivity index (χ1) is 15.4. The van der Waals surface area contributed by atoms with Gasteiger partial charge in [0.2, 0.25) is 10.0 Å². The molecule has 0 atom stereocenters. The minimum Gasteiger partial charge on any atom is -0.467 e. The van der Waals surface area contributed by atoms with E-state index in [4.69, 9.17) is 21.0 Å². The van der Waals surface area contributed by atoms with Crippen molar-refractivity contribution in [3.8, 4) is 0 Å². The Morgan fingerprint density at radius 2 is 1.91 bits per heavy atom. The molecule has 0 bridgehead atoms. The second-order valence-electron chi connectivity index (χ2n) is 7.22. The number of hydrogen-bond donors (Lipinski definition) is 0. The summed E-state index contributed by atoms with van der Waals surface area (Å²) < 4.78 is 35.0. The molecule has 6 nitrogen and oxygen atoms in total. The van der Waals surface area contributed by atoms with Crippen molar-refractivity contribution in [2.45, 2.75) is 36.2 Å². The molecule has 0 amide bonds. The van der Waals surface area contributed by atoms with Crippen molar-refractivity contribution in [1.82, 2.24) is 13.9 Å². The molecule has 0 aliphatic rings. The third kappa shape index (κ3) is 4.73. The Morgan fingerprint density at radius 1 is 1.09 bits per heavy atom. The molecule has 0 N–H and O–H groups in total. The minimum absolute atomic E-state index is 0.253. The quantitative estimate of drug-likeness (QED) is 0.284. The Balaban J connectivity index is 1.73. The van der Waals surface area contributed by atoms with Gasteiger partial charge in [-0.1, -0.05) is 49.3 Å². The highest BCUT2D eigenvalue weighted by molar-refractivity contribution is 7.98. The third-order valence-corrected chi connectivity index (χ3v) is 8.51. The fraction of sp³-hybridized carbons (Fsp3) is 0.261. The van der Waals surface area contributed by atoms with E-state index in [0.717, 1.165) is 22.0 Å². The number of nitrogens with zero attached hydrogens (tertiary/aromatic N) is 3. The SMILES string of the molecule is CCN(CC)S(=O)(=O)c1ccc2c(c1)nc(SCc1cccc(Cl)c1)n2Cc1ccco1. The summed E-state index contributed by atoms with van der Waals surface area (Å²) in [6, 6.07) is 16.6. The molecule has 0 fully saturated rings. The lowest BCUT2D eigenvalue weighted by atomic mass is 10.2. The molecule has 32 heavy (non-hydrogen) atoms. The third-order valence-electron chi connectivity index (χ3n) is 5.18. The second kappa shape index (κ2) is 9.70. The molecular formula is C23H24ClN3O3S2. The molecule has 9 heteroatoms. The molecule has 4 rings (SSSR count). The van der Waals surface area contributed by atoms with E-state index in [1.165, 1.54) is 4.31 Å². The number of imidazole rings is 1. The van der Waals surface area contributed by atoms with Gasteiger partial charge in [-0.2, -0.15) is 4.31 Å². The standard InChI is InChI=1S/C23H24ClN3O3S2/c1-3-26(4-2)32(28,29)20-10-11-22-21(14-20)25-23(27(22)15-19-9-6-12-30-19)31-16-17-7-5-8-18(24)13-17/h5-14H,3-4,15-16H2,1-2H3. The number of thioether (sulfide) groups is 1. The highest BCUT2D eigenvalue weighted by Gasteiger charge is 2.23. The van der Waals surface area contributed by atoms with Crippen LogP contribution in [0.15, 0.2) is 75.3 Å². The van der Waals surface area contributed by atoms with Gasteiger partial charge in [-0.15, -0.1) is 0 Å². The Hall–Kier alpha value is -2.26. The van der Waals surface area contributed by atoms with Crippen LogP contribution in [-0.2, 0) is 22.3 Å². The molecule has 0 saturated carbocycles. The van der Waals surface area contributed by atoms with E-state index in [0.29, 0.717) is 35.9 Å². The lowest BCUT2D eigenvalue weighted by Gasteiger charge is -2.18. The molecule has 2 aromatic carbocycles. The van der Waals surface area contributed by atoms with E-state index in [9.17, 15) is 8.42 Å². The lowest BCUT2D eigenvalue weighted by Crippen LogP contribution is -2.30. The van der Waals surface area contributed by atoms with Crippen LogP contribution < -0.4 is 0 Å². The van der Waals surface area contributed by atoms with Gasteiger partial charge in [0.15, 0.2) is 5.16 Å². The summed E-state index contributed by atoms with van der Waals surface area (Å²) >= 11 is 7.70. The number of fused-ring (bicyclic) bond motifs is 1. The van der Waals surface area contributed by atoms with Crippen LogP contribution in [0, 0.1) is 0 Å². The number of sulfonamides is 1. The number of halogens is 1. The van der Waals surface area contributed by atoms with Crippen LogP contribution in [0.3, 0.4) is 0 Å². The molecular weight excluding hydrogens is 466 g/mol. The maximum Gasteiger partial charge on any atom is 0.243 e. The molecule has 168 valence electrons. The van der Waals surface area contributed by atoms with E-state index in [1.807, 2.05) is 56.3 Å². The zero-order chi connectivity index (χ0) is 22.7. The van der Waals surface area contributed by atoms with Gasteiger partial charge in [0.1, 0.15) is 5.76 Å². The van der Waals surface area contributed by atoms with Gasteiger partial charge in [0, 0.05) is 23.9 Å². The Kier molecular flexibility index (Phi) is 6.95. The highest BCUT2D eigenvalue weighted by Crippen LogP contribution is 2.30. The van der Waals surface area contributed by atoms with Gasteiger partial charge in [-0.3, -0.25) is 0 Å². The summed E-state index contributed by atoms with van der Waals surface area (Å²) in [7, 11) is -3.56. The van der Waals surface area contributed by atoms with Gasteiger partial charge in [-0.25, -0.2) is 13.4 Å². The summed E-state index contributed by atoms with van der Waals surface area (Å²) in [6.45, 7) is 5.02. The Morgan fingerprint density at radius 3 is 2.59 bits per heavy atom. The van der Waals surface area contributed by atoms with Gasteiger partial charge in [0.05, 0.1) is 28.7 Å². The fourth-order valence-electron chi connectivity index (χ4n) is 3.56. The number of benzene rings is 2. The normalized spacial score (nSPS) is 12.1. The molecule has 0 radical (unpaired) electrons. The molecule has 0 aliphatic carbocycles. The molecule has 2 aromatic heterocycles. The van der Waals surface area contributed by atoms with E-state index in [1.54, 1.807) is 30.2 Å². The number of aromatic nitrogens is 2. The first-order valence-corrected chi connectivity index (χ1v) is 13.1. The number of furan rings is 1. The van der Waals surface area contributed by atoms with E-state index < -0.39 is 10.0 Å². The zero-order valence-corrected chi connectivity index (χ0v) is 20.3. The van der Waals surface area contributed by atoms with Gasteiger partial charge >= 0.3 is 0 Å². The van der Waals surface area contributed by atoms with Crippen molar-refractivity contribution in [3.05, 3.63) is 77.2 Å². The summed E-state index contributed by atoms with van der Waals surface area (Å²) in [5, 5.41) is 1.48. The van der Waals surface area contributed by atoms with E-state index >= 15 is 0 Å². The monoisotopic (exact) mass is 489 g/mol. The molecule has 2 heterocycles. The van der Waals surface area contributed by atoms with Gasteiger partial charge < -0.3 is 8.98 Å². The number of hydrogen-bond acceptors (Lipinski definition) is 5.